The minimum Gasteiger partial charge on any atom is -0.265 e. The highest BCUT2D eigenvalue weighted by atomic mass is 14.6. The van der Waals surface area contributed by atoms with Crippen LogP contribution in [0.4, 0.5) is 0 Å². The zero-order valence-electron chi connectivity index (χ0n) is 29.6. The zero-order chi connectivity index (χ0) is 30.7. The number of nitrogens with zero attached hydrogens (tertiary/aromatic N) is 1. The van der Waals surface area contributed by atoms with E-state index in [4.69, 9.17) is 0 Å². The fraction of sp³-hybridized carbons (Fsp3) is 0.833. The van der Waals surface area contributed by atoms with E-state index in [1.165, 1.54) is 211 Å². The molecule has 0 aromatic carbocycles. The monoisotopic (exact) mass is 596 g/mol. The molecule has 1 rings (SSSR count). The van der Waals surface area contributed by atoms with Gasteiger partial charge in [0.05, 0.1) is 0 Å². The molecule has 0 amide bonds. The fourth-order valence-corrected chi connectivity index (χ4v) is 6.69. The number of hydrogen-bond donors (Lipinski definition) is 0. The summed E-state index contributed by atoms with van der Waals surface area (Å²) in [5.41, 5.74) is 1.53. The van der Waals surface area contributed by atoms with Crippen LogP contribution < -0.4 is 0 Å². The Labute approximate surface area is 271 Å². The minimum absolute atomic E-state index is 0.742. The lowest BCUT2D eigenvalue weighted by Crippen LogP contribution is -2.00. The average molecular weight is 596 g/mol. The molecule has 0 N–H and O–H groups in total. The van der Waals surface area contributed by atoms with E-state index in [0.717, 1.165) is 5.92 Å². The van der Waals surface area contributed by atoms with Gasteiger partial charge in [0.15, 0.2) is 0 Å². The Kier molecular flexibility index (Phi) is 31.4. The maximum atomic E-state index is 4.28. The molecule has 0 radical (unpaired) electrons. The molecule has 0 aliphatic rings. The minimum atomic E-state index is 0.742. The fourth-order valence-electron chi connectivity index (χ4n) is 6.69. The molecule has 1 aromatic rings. The largest absolute Gasteiger partial charge is 0.265 e. The van der Waals surface area contributed by atoms with Crippen molar-refractivity contribution in [3.63, 3.8) is 0 Å². The van der Waals surface area contributed by atoms with Crippen LogP contribution in [0.15, 0.2) is 36.7 Å². The lowest BCUT2D eigenvalue weighted by atomic mass is 9.88. The van der Waals surface area contributed by atoms with Crippen LogP contribution in [0.3, 0.4) is 0 Å². The van der Waals surface area contributed by atoms with E-state index in [9.17, 15) is 0 Å². The van der Waals surface area contributed by atoms with Gasteiger partial charge in [0.25, 0.3) is 0 Å². The van der Waals surface area contributed by atoms with Crippen LogP contribution >= 0.6 is 0 Å². The first-order valence-electron chi connectivity index (χ1n) is 19.9. The number of pyridine rings is 1. The SMILES string of the molecule is CCCCCCCC/C=C\CCCCCCCCC(CCCCCCCCCCCCCCCCCC)c1ccncc1. The van der Waals surface area contributed by atoms with Gasteiger partial charge >= 0.3 is 0 Å². The quantitative estimate of drug-likeness (QED) is 0.0570. The number of aromatic nitrogens is 1. The second kappa shape index (κ2) is 33.8. The highest BCUT2D eigenvalue weighted by Crippen LogP contribution is 2.28. The summed E-state index contributed by atoms with van der Waals surface area (Å²) in [5.74, 6) is 0.742. The Bertz CT molecular complexity index is 665. The molecule has 0 aliphatic carbocycles. The molecule has 1 atom stereocenters. The zero-order valence-corrected chi connectivity index (χ0v) is 29.6. The van der Waals surface area contributed by atoms with E-state index >= 15 is 0 Å². The molecular weight excluding hydrogens is 518 g/mol. The van der Waals surface area contributed by atoms with Crippen LogP contribution in [0, 0.1) is 0 Å². The summed E-state index contributed by atoms with van der Waals surface area (Å²) in [6.45, 7) is 4.60. The van der Waals surface area contributed by atoms with Crippen LogP contribution in [0.25, 0.3) is 0 Å². The number of unbranched alkanes of at least 4 members (excludes halogenated alkanes) is 27. The number of rotatable bonds is 34. The van der Waals surface area contributed by atoms with Crippen molar-refractivity contribution in [1.82, 2.24) is 4.98 Å². The first kappa shape index (κ1) is 39.9. The molecule has 43 heavy (non-hydrogen) atoms. The standard InChI is InChI=1S/C42H77N/c1-3-5-7-9-11-13-15-17-19-21-23-25-27-29-31-33-35-41(42-37-39-43-40-38-42)36-34-32-30-28-26-24-22-20-18-16-14-12-10-8-6-4-2/h17,19,37-41H,3-16,18,20-36H2,1-2H3/b19-17-. The third-order valence-electron chi connectivity index (χ3n) is 9.65. The Hall–Kier alpha value is -1.11. The number of hydrogen-bond acceptors (Lipinski definition) is 1. The van der Waals surface area contributed by atoms with Crippen LogP contribution in [-0.2, 0) is 0 Å². The van der Waals surface area contributed by atoms with Gasteiger partial charge < -0.3 is 0 Å². The van der Waals surface area contributed by atoms with Gasteiger partial charge in [-0.25, -0.2) is 0 Å². The molecule has 1 aromatic heterocycles. The smallest absolute Gasteiger partial charge is 0.0270 e. The summed E-state index contributed by atoms with van der Waals surface area (Å²) in [5, 5.41) is 0. The van der Waals surface area contributed by atoms with E-state index in [1.807, 2.05) is 12.4 Å². The van der Waals surface area contributed by atoms with Crippen molar-refractivity contribution in [2.24, 2.45) is 0 Å². The van der Waals surface area contributed by atoms with E-state index in [2.05, 4.69) is 43.1 Å². The van der Waals surface area contributed by atoms with Crippen molar-refractivity contribution < 1.29 is 0 Å². The van der Waals surface area contributed by atoms with Crippen molar-refractivity contribution in [1.29, 1.82) is 0 Å². The van der Waals surface area contributed by atoms with E-state index in [1.54, 1.807) is 0 Å². The molecule has 250 valence electrons. The van der Waals surface area contributed by atoms with E-state index in [0.29, 0.717) is 0 Å². The van der Waals surface area contributed by atoms with Gasteiger partial charge in [0.2, 0.25) is 0 Å². The summed E-state index contributed by atoms with van der Waals surface area (Å²) in [7, 11) is 0. The van der Waals surface area contributed by atoms with Crippen LogP contribution in [0.5, 0.6) is 0 Å². The Balaban J connectivity index is 1.98. The first-order valence-corrected chi connectivity index (χ1v) is 19.9. The van der Waals surface area contributed by atoms with Gasteiger partial charge in [0.1, 0.15) is 0 Å². The summed E-state index contributed by atoms with van der Waals surface area (Å²) in [6.07, 6.45) is 54.3. The highest BCUT2D eigenvalue weighted by molar-refractivity contribution is 5.15. The van der Waals surface area contributed by atoms with Crippen LogP contribution in [0.1, 0.15) is 231 Å². The van der Waals surface area contributed by atoms with Gasteiger partial charge in [0, 0.05) is 12.4 Å². The van der Waals surface area contributed by atoms with E-state index in [-0.39, 0.29) is 0 Å². The second-order valence-corrected chi connectivity index (χ2v) is 13.8. The first-order chi connectivity index (χ1) is 21.4. The normalized spacial score (nSPS) is 12.4. The Morgan fingerprint density at radius 2 is 0.721 bits per heavy atom. The molecule has 1 heteroatoms. The van der Waals surface area contributed by atoms with Gasteiger partial charge in [-0.2, -0.15) is 0 Å². The topological polar surface area (TPSA) is 12.9 Å². The highest BCUT2D eigenvalue weighted by Gasteiger charge is 2.11. The van der Waals surface area contributed by atoms with Crippen molar-refractivity contribution in [2.45, 2.75) is 225 Å². The third kappa shape index (κ3) is 28.1. The molecule has 0 fully saturated rings. The van der Waals surface area contributed by atoms with E-state index < -0.39 is 0 Å². The maximum Gasteiger partial charge on any atom is 0.0270 e. The average Bonchev–Trinajstić information content (AvgIpc) is 3.03. The maximum absolute atomic E-state index is 4.28. The molecule has 0 bridgehead atoms. The summed E-state index contributed by atoms with van der Waals surface area (Å²) < 4.78 is 0. The van der Waals surface area contributed by atoms with Gasteiger partial charge in [-0.15, -0.1) is 0 Å². The summed E-state index contributed by atoms with van der Waals surface area (Å²) >= 11 is 0. The van der Waals surface area contributed by atoms with Gasteiger partial charge in [-0.3, -0.25) is 4.98 Å². The van der Waals surface area contributed by atoms with Crippen LogP contribution in [-0.4, -0.2) is 4.98 Å². The second-order valence-electron chi connectivity index (χ2n) is 13.8. The lowest BCUT2D eigenvalue weighted by Gasteiger charge is -2.17. The Morgan fingerprint density at radius 3 is 1.07 bits per heavy atom. The lowest BCUT2D eigenvalue weighted by molar-refractivity contribution is 0.482. The van der Waals surface area contributed by atoms with Crippen molar-refractivity contribution in [3.05, 3.63) is 42.2 Å². The molecule has 0 spiro atoms. The Morgan fingerprint density at radius 1 is 0.419 bits per heavy atom. The van der Waals surface area contributed by atoms with Crippen molar-refractivity contribution in [3.8, 4) is 0 Å². The summed E-state index contributed by atoms with van der Waals surface area (Å²) in [6, 6.07) is 4.55. The molecule has 1 nitrogen and oxygen atoms in total. The predicted octanol–water partition coefficient (Wildman–Crippen LogP) is 15.2. The van der Waals surface area contributed by atoms with Crippen molar-refractivity contribution >= 4 is 0 Å². The molecule has 1 unspecified atom stereocenters. The molecule has 0 saturated heterocycles. The molecular formula is C42H77N. The third-order valence-corrected chi connectivity index (χ3v) is 9.65. The van der Waals surface area contributed by atoms with Crippen molar-refractivity contribution in [2.75, 3.05) is 0 Å². The number of allylic oxidation sites excluding steroid dienone is 2. The van der Waals surface area contributed by atoms with Gasteiger partial charge in [-0.05, 0) is 62.1 Å². The van der Waals surface area contributed by atoms with Gasteiger partial charge in [-0.1, -0.05) is 193 Å². The summed E-state index contributed by atoms with van der Waals surface area (Å²) in [4.78, 5) is 4.28. The molecule has 1 heterocycles. The predicted molar refractivity (Wildman–Crippen MR) is 195 cm³/mol. The van der Waals surface area contributed by atoms with Crippen LogP contribution in [0.2, 0.25) is 0 Å². The molecule has 0 saturated carbocycles. The molecule has 0 aliphatic heterocycles.